The van der Waals surface area contributed by atoms with Gasteiger partial charge < -0.3 is 15.6 Å². The fraction of sp³-hybridized carbons (Fsp3) is 0.571. The molecule has 2 unspecified atom stereocenters. The number of nitrogens with one attached hydrogen (secondary N) is 1. The van der Waals surface area contributed by atoms with Crippen molar-refractivity contribution in [3.63, 3.8) is 0 Å². The zero-order chi connectivity index (χ0) is 15.3. The molecule has 4 N–H and O–H groups in total. The van der Waals surface area contributed by atoms with Crippen molar-refractivity contribution in [3.05, 3.63) is 24.3 Å². The smallest absolute Gasteiger partial charge is 0.214 e. The quantitative estimate of drug-likeness (QED) is 0.644. The van der Waals surface area contributed by atoms with Gasteiger partial charge in [-0.3, -0.25) is 0 Å². The molecule has 118 valence electrons. The lowest BCUT2D eigenvalue weighted by Gasteiger charge is -2.15. The molecule has 0 bridgehead atoms. The van der Waals surface area contributed by atoms with Gasteiger partial charge in [-0.05, 0) is 30.9 Å². The monoisotopic (exact) mass is 314 g/mol. The first-order valence-electron chi connectivity index (χ1n) is 7.10. The molecule has 6 nitrogen and oxygen atoms in total. The Morgan fingerprint density at radius 2 is 2.10 bits per heavy atom. The summed E-state index contributed by atoms with van der Waals surface area (Å²) < 4.78 is 31.6. The van der Waals surface area contributed by atoms with Crippen LogP contribution < -0.4 is 15.2 Å². The van der Waals surface area contributed by atoms with Gasteiger partial charge in [-0.1, -0.05) is 18.6 Å². The van der Waals surface area contributed by atoms with Crippen LogP contribution in [0.2, 0.25) is 0 Å². The molecule has 0 aliphatic heterocycles. The molecule has 0 spiro atoms. The minimum atomic E-state index is -3.40. The van der Waals surface area contributed by atoms with Crippen LogP contribution in [0.4, 0.5) is 5.69 Å². The molecule has 1 saturated carbocycles. The van der Waals surface area contributed by atoms with Gasteiger partial charge in [0.1, 0.15) is 12.4 Å². The zero-order valence-electron chi connectivity index (χ0n) is 11.9. The minimum absolute atomic E-state index is 0.0189. The van der Waals surface area contributed by atoms with Crippen LogP contribution in [0.3, 0.4) is 0 Å². The number of anilines is 1. The Balaban J connectivity index is 1.75. The average Bonchev–Trinajstić information content (AvgIpc) is 2.84. The Bertz CT molecular complexity index is 562. The zero-order valence-corrected chi connectivity index (χ0v) is 12.7. The van der Waals surface area contributed by atoms with Crippen LogP contribution in [0.1, 0.15) is 19.3 Å². The van der Waals surface area contributed by atoms with E-state index >= 15 is 0 Å². The second-order valence-electron chi connectivity index (χ2n) is 5.31. The van der Waals surface area contributed by atoms with Crippen LogP contribution in [-0.4, -0.2) is 38.5 Å². The van der Waals surface area contributed by atoms with Crippen molar-refractivity contribution in [2.75, 3.05) is 24.6 Å². The largest absolute Gasteiger partial charge is 0.490 e. The van der Waals surface area contributed by atoms with Crippen molar-refractivity contribution < 1.29 is 18.3 Å². The minimum Gasteiger partial charge on any atom is -0.490 e. The van der Waals surface area contributed by atoms with Crippen molar-refractivity contribution in [1.29, 1.82) is 0 Å². The molecule has 2 atom stereocenters. The molecular formula is C14H22N2O4S. The second-order valence-corrected chi connectivity index (χ2v) is 7.24. The van der Waals surface area contributed by atoms with Gasteiger partial charge in [-0.2, -0.15) is 0 Å². The second kappa shape index (κ2) is 7.11. The summed E-state index contributed by atoms with van der Waals surface area (Å²) >= 11 is 0. The first kappa shape index (κ1) is 16.1. The number of para-hydroxylation sites is 2. The number of benzene rings is 1. The molecule has 0 amide bonds. The molecular weight excluding hydrogens is 292 g/mol. The summed E-state index contributed by atoms with van der Waals surface area (Å²) in [6.07, 6.45) is 2.17. The highest BCUT2D eigenvalue weighted by Gasteiger charge is 2.26. The Hall–Kier alpha value is -1.31. The molecule has 1 aromatic rings. The number of hydrogen-bond acceptors (Lipinski definition) is 5. The Labute approximate surface area is 125 Å². The Morgan fingerprint density at radius 3 is 2.76 bits per heavy atom. The van der Waals surface area contributed by atoms with Crippen LogP contribution in [0, 0.1) is 5.92 Å². The topological polar surface area (TPSA) is 102 Å². The predicted molar refractivity (Wildman–Crippen MR) is 81.5 cm³/mol. The molecule has 1 aliphatic carbocycles. The standard InChI is InChI=1S/C14H22N2O4S/c15-12-5-1-2-7-14(12)20-8-9-21(18,19)16-10-11-4-3-6-13(11)17/h1-2,5,7,11,13,16-17H,3-4,6,8-10,15H2. The summed E-state index contributed by atoms with van der Waals surface area (Å²) in [6, 6.07) is 6.96. The molecule has 1 aliphatic rings. The van der Waals surface area contributed by atoms with Gasteiger partial charge in [0.15, 0.2) is 0 Å². The van der Waals surface area contributed by atoms with Crippen molar-refractivity contribution in [2.24, 2.45) is 5.92 Å². The van der Waals surface area contributed by atoms with E-state index in [0.717, 1.165) is 19.3 Å². The third kappa shape index (κ3) is 4.87. The van der Waals surface area contributed by atoms with Crippen LogP contribution in [0.15, 0.2) is 24.3 Å². The molecule has 2 rings (SSSR count). The highest BCUT2D eigenvalue weighted by Crippen LogP contribution is 2.24. The molecule has 0 heterocycles. The van der Waals surface area contributed by atoms with Crippen LogP contribution >= 0.6 is 0 Å². The third-order valence-electron chi connectivity index (χ3n) is 3.71. The third-order valence-corrected chi connectivity index (χ3v) is 5.02. The molecule has 0 saturated heterocycles. The maximum absolute atomic E-state index is 11.9. The van der Waals surface area contributed by atoms with Crippen molar-refractivity contribution in [2.45, 2.75) is 25.4 Å². The number of nitrogens with two attached hydrogens (primary N) is 1. The predicted octanol–water partition coefficient (Wildman–Crippen LogP) is 0.728. The van der Waals surface area contributed by atoms with E-state index in [9.17, 15) is 13.5 Å². The van der Waals surface area contributed by atoms with E-state index in [1.165, 1.54) is 0 Å². The first-order valence-corrected chi connectivity index (χ1v) is 8.76. The molecule has 0 aromatic heterocycles. The fourth-order valence-corrected chi connectivity index (χ4v) is 3.35. The lowest BCUT2D eigenvalue weighted by atomic mass is 10.1. The Morgan fingerprint density at radius 1 is 1.33 bits per heavy atom. The van der Waals surface area contributed by atoms with Crippen molar-refractivity contribution in [1.82, 2.24) is 4.72 Å². The van der Waals surface area contributed by atoms with Gasteiger partial charge in [-0.25, -0.2) is 13.1 Å². The highest BCUT2D eigenvalue weighted by molar-refractivity contribution is 7.89. The lowest BCUT2D eigenvalue weighted by Crippen LogP contribution is -2.35. The molecule has 0 radical (unpaired) electrons. The molecule has 21 heavy (non-hydrogen) atoms. The number of aliphatic hydroxyl groups is 1. The maximum atomic E-state index is 11.9. The summed E-state index contributed by atoms with van der Waals surface area (Å²) in [5.41, 5.74) is 6.19. The lowest BCUT2D eigenvalue weighted by molar-refractivity contribution is 0.134. The summed E-state index contributed by atoms with van der Waals surface area (Å²) in [5, 5.41) is 9.67. The summed E-state index contributed by atoms with van der Waals surface area (Å²) in [7, 11) is -3.40. The van der Waals surface area contributed by atoms with Crippen LogP contribution in [0.5, 0.6) is 5.75 Å². The number of rotatable bonds is 7. The van der Waals surface area contributed by atoms with E-state index < -0.39 is 16.1 Å². The van der Waals surface area contributed by atoms with Gasteiger partial charge >= 0.3 is 0 Å². The molecule has 7 heteroatoms. The van der Waals surface area contributed by atoms with E-state index in [2.05, 4.69) is 4.72 Å². The number of aliphatic hydroxyl groups excluding tert-OH is 1. The molecule has 1 fully saturated rings. The van der Waals surface area contributed by atoms with Crippen molar-refractivity contribution in [3.8, 4) is 5.75 Å². The number of ether oxygens (including phenoxy) is 1. The van der Waals surface area contributed by atoms with Gasteiger partial charge in [0.05, 0.1) is 17.5 Å². The van der Waals surface area contributed by atoms with Gasteiger partial charge in [0.25, 0.3) is 0 Å². The normalized spacial score (nSPS) is 22.3. The van der Waals surface area contributed by atoms with E-state index in [0.29, 0.717) is 11.4 Å². The van der Waals surface area contributed by atoms with E-state index in [1.807, 2.05) is 0 Å². The number of hydrogen-bond donors (Lipinski definition) is 3. The van der Waals surface area contributed by atoms with E-state index in [4.69, 9.17) is 10.5 Å². The van der Waals surface area contributed by atoms with Gasteiger partial charge in [-0.15, -0.1) is 0 Å². The first-order chi connectivity index (χ1) is 9.98. The molecule has 1 aromatic carbocycles. The average molecular weight is 314 g/mol. The summed E-state index contributed by atoms with van der Waals surface area (Å²) in [5.74, 6) is 0.369. The van der Waals surface area contributed by atoms with Crippen molar-refractivity contribution >= 4 is 15.7 Å². The fourth-order valence-electron chi connectivity index (χ4n) is 2.43. The number of nitrogen functional groups attached to an aromatic ring is 1. The summed E-state index contributed by atoms with van der Waals surface area (Å²) in [4.78, 5) is 0. The van der Waals surface area contributed by atoms with E-state index in [-0.39, 0.29) is 24.8 Å². The maximum Gasteiger partial charge on any atom is 0.214 e. The van der Waals surface area contributed by atoms with E-state index in [1.54, 1.807) is 24.3 Å². The van der Waals surface area contributed by atoms with Gasteiger partial charge in [0, 0.05) is 6.54 Å². The summed E-state index contributed by atoms with van der Waals surface area (Å²) in [6.45, 7) is 0.327. The van der Waals surface area contributed by atoms with Crippen LogP contribution in [-0.2, 0) is 10.0 Å². The Kier molecular flexibility index (Phi) is 5.44. The number of sulfonamides is 1. The van der Waals surface area contributed by atoms with Crippen LogP contribution in [0.25, 0.3) is 0 Å². The van der Waals surface area contributed by atoms with Gasteiger partial charge in [0.2, 0.25) is 10.0 Å². The highest BCUT2D eigenvalue weighted by atomic mass is 32.2. The SMILES string of the molecule is Nc1ccccc1OCCS(=O)(=O)NCC1CCCC1O.